The molecule has 0 N–H and O–H groups in total. The van der Waals surface area contributed by atoms with Crippen LogP contribution in [0.1, 0.15) is 36.9 Å². The Hall–Kier alpha value is -2.74. The average Bonchev–Trinajstić information content (AvgIpc) is 3.04. The van der Waals surface area contributed by atoms with Crippen LogP contribution in [0.15, 0.2) is 28.7 Å². The van der Waals surface area contributed by atoms with Crippen LogP contribution in [-0.4, -0.2) is 25.2 Å². The van der Waals surface area contributed by atoms with Gasteiger partial charge in [0.05, 0.1) is 7.11 Å². The fourth-order valence-electron chi connectivity index (χ4n) is 2.81. The van der Waals surface area contributed by atoms with E-state index in [1.165, 1.54) is 0 Å². The Morgan fingerprint density at radius 3 is 2.83 bits per heavy atom. The molecule has 0 aliphatic carbocycles. The van der Waals surface area contributed by atoms with Gasteiger partial charge in [-0.05, 0) is 42.5 Å². The largest absolute Gasteiger partial charge is 0.497 e. The van der Waals surface area contributed by atoms with E-state index in [9.17, 15) is 5.26 Å². The fourth-order valence-corrected chi connectivity index (χ4v) is 2.81. The molecule has 124 valence electrons. The fraction of sp³-hybridized carbons (Fsp3) is 0.368. The van der Waals surface area contributed by atoms with Crippen molar-refractivity contribution in [3.05, 3.63) is 41.4 Å². The van der Waals surface area contributed by atoms with Gasteiger partial charge in [-0.2, -0.15) is 10.2 Å². The molecule has 1 aromatic heterocycles. The summed E-state index contributed by atoms with van der Waals surface area (Å²) >= 11 is 0. The Balaban J connectivity index is 1.79. The van der Waals surface area contributed by atoms with Crippen molar-refractivity contribution in [2.45, 2.75) is 19.8 Å². The molecule has 1 saturated heterocycles. The standard InChI is InChI=1S/C19H21N3O2/c1-14-8-10-22(11-9-14)19-17(13-20)21-18(24-19)7-6-15-4-3-5-16(12-15)23-2/h3-7,12,14H,8-11H2,1-2H3/b7-6+. The zero-order chi connectivity index (χ0) is 16.9. The average molecular weight is 323 g/mol. The van der Waals surface area contributed by atoms with Crippen LogP contribution in [0, 0.1) is 17.2 Å². The molecule has 1 aromatic carbocycles. The van der Waals surface area contributed by atoms with Gasteiger partial charge >= 0.3 is 0 Å². The number of ether oxygens (including phenoxy) is 1. The van der Waals surface area contributed by atoms with Crippen LogP contribution < -0.4 is 9.64 Å². The molecule has 1 aliphatic heterocycles. The summed E-state index contributed by atoms with van der Waals surface area (Å²) in [7, 11) is 1.64. The van der Waals surface area contributed by atoms with Crippen LogP contribution >= 0.6 is 0 Å². The molecular formula is C19H21N3O2. The van der Waals surface area contributed by atoms with Crippen molar-refractivity contribution in [3.63, 3.8) is 0 Å². The highest BCUT2D eigenvalue weighted by atomic mass is 16.5. The van der Waals surface area contributed by atoms with Crippen molar-refractivity contribution in [3.8, 4) is 11.8 Å². The van der Waals surface area contributed by atoms with Crippen molar-refractivity contribution in [2.24, 2.45) is 5.92 Å². The monoisotopic (exact) mass is 323 g/mol. The number of rotatable bonds is 4. The number of aromatic nitrogens is 1. The maximum Gasteiger partial charge on any atom is 0.235 e. The van der Waals surface area contributed by atoms with Crippen molar-refractivity contribution in [1.82, 2.24) is 4.98 Å². The highest BCUT2D eigenvalue weighted by Gasteiger charge is 2.23. The van der Waals surface area contributed by atoms with E-state index >= 15 is 0 Å². The lowest BCUT2D eigenvalue weighted by molar-refractivity contribution is 0.414. The lowest BCUT2D eigenvalue weighted by Gasteiger charge is -2.29. The number of hydrogen-bond acceptors (Lipinski definition) is 5. The summed E-state index contributed by atoms with van der Waals surface area (Å²) in [5.74, 6) is 2.56. The van der Waals surface area contributed by atoms with Gasteiger partial charge < -0.3 is 14.1 Å². The molecule has 2 aromatic rings. The number of anilines is 1. The molecule has 24 heavy (non-hydrogen) atoms. The molecule has 5 nitrogen and oxygen atoms in total. The van der Waals surface area contributed by atoms with E-state index < -0.39 is 0 Å². The Bertz CT molecular complexity index is 765. The van der Waals surface area contributed by atoms with Crippen LogP contribution in [0.2, 0.25) is 0 Å². The first-order chi connectivity index (χ1) is 11.7. The van der Waals surface area contributed by atoms with Crippen LogP contribution in [0.3, 0.4) is 0 Å². The molecule has 0 atom stereocenters. The van der Waals surface area contributed by atoms with E-state index in [4.69, 9.17) is 9.15 Å². The number of oxazole rings is 1. The number of hydrogen-bond donors (Lipinski definition) is 0. The van der Waals surface area contributed by atoms with Crippen LogP contribution in [-0.2, 0) is 0 Å². The summed E-state index contributed by atoms with van der Waals surface area (Å²) < 4.78 is 11.0. The molecule has 0 unspecified atom stereocenters. The SMILES string of the molecule is COc1cccc(/C=C/c2nc(C#N)c(N3CCC(C)CC3)o2)c1. The number of nitrogens with zero attached hydrogens (tertiary/aromatic N) is 3. The molecule has 1 aliphatic rings. The van der Waals surface area contributed by atoms with E-state index in [1.54, 1.807) is 13.2 Å². The topological polar surface area (TPSA) is 62.3 Å². The smallest absolute Gasteiger partial charge is 0.235 e. The van der Waals surface area contributed by atoms with E-state index in [2.05, 4.69) is 22.9 Å². The molecule has 5 heteroatoms. The van der Waals surface area contributed by atoms with Crippen molar-refractivity contribution in [2.75, 3.05) is 25.1 Å². The maximum absolute atomic E-state index is 9.33. The van der Waals surface area contributed by atoms with Crippen LogP contribution in [0.4, 0.5) is 5.88 Å². The minimum atomic E-state index is 0.356. The van der Waals surface area contributed by atoms with Gasteiger partial charge in [0.15, 0.2) is 0 Å². The first-order valence-electron chi connectivity index (χ1n) is 8.17. The third kappa shape index (κ3) is 3.60. The molecule has 0 radical (unpaired) electrons. The second-order valence-corrected chi connectivity index (χ2v) is 6.10. The number of piperidine rings is 1. The highest BCUT2D eigenvalue weighted by molar-refractivity contribution is 5.68. The summed E-state index contributed by atoms with van der Waals surface area (Å²) in [5, 5.41) is 9.33. The van der Waals surface area contributed by atoms with Crippen LogP contribution in [0.5, 0.6) is 5.75 Å². The van der Waals surface area contributed by atoms with E-state index in [0.717, 1.165) is 43.2 Å². The Morgan fingerprint density at radius 1 is 1.33 bits per heavy atom. The summed E-state index contributed by atoms with van der Waals surface area (Å²) in [6.45, 7) is 4.07. The van der Waals surface area contributed by atoms with Gasteiger partial charge in [-0.15, -0.1) is 0 Å². The zero-order valence-corrected chi connectivity index (χ0v) is 14.0. The van der Waals surface area contributed by atoms with E-state index in [-0.39, 0.29) is 0 Å². The summed E-state index contributed by atoms with van der Waals surface area (Å²) in [4.78, 5) is 6.41. The third-order valence-corrected chi connectivity index (χ3v) is 4.31. The van der Waals surface area contributed by atoms with Gasteiger partial charge in [-0.1, -0.05) is 19.1 Å². The maximum atomic E-state index is 9.33. The Labute approximate surface area is 142 Å². The van der Waals surface area contributed by atoms with Gasteiger partial charge in [0.1, 0.15) is 11.8 Å². The van der Waals surface area contributed by atoms with E-state index in [0.29, 0.717) is 17.5 Å². The van der Waals surface area contributed by atoms with Crippen LogP contribution in [0.25, 0.3) is 12.2 Å². The normalized spacial score (nSPS) is 15.6. The summed E-state index contributed by atoms with van der Waals surface area (Å²) in [6.07, 6.45) is 5.91. The minimum Gasteiger partial charge on any atom is -0.497 e. The lowest BCUT2D eigenvalue weighted by atomic mass is 9.99. The summed E-state index contributed by atoms with van der Waals surface area (Å²) in [6, 6.07) is 9.86. The quantitative estimate of drug-likeness (QED) is 0.852. The second kappa shape index (κ2) is 7.22. The Kier molecular flexibility index (Phi) is 4.85. The third-order valence-electron chi connectivity index (χ3n) is 4.31. The van der Waals surface area contributed by atoms with Gasteiger partial charge in [0.2, 0.25) is 17.5 Å². The Morgan fingerprint density at radius 2 is 2.12 bits per heavy atom. The first-order valence-corrected chi connectivity index (χ1v) is 8.17. The molecule has 0 saturated carbocycles. The highest BCUT2D eigenvalue weighted by Crippen LogP contribution is 2.27. The van der Waals surface area contributed by atoms with Gasteiger partial charge in [-0.25, -0.2) is 0 Å². The molecule has 3 rings (SSSR count). The number of benzene rings is 1. The van der Waals surface area contributed by atoms with Crippen molar-refractivity contribution in [1.29, 1.82) is 5.26 Å². The first kappa shape index (κ1) is 16.1. The molecule has 2 heterocycles. The zero-order valence-electron chi connectivity index (χ0n) is 14.0. The molecule has 1 fully saturated rings. The minimum absolute atomic E-state index is 0.356. The molecular weight excluding hydrogens is 302 g/mol. The molecule has 0 bridgehead atoms. The predicted molar refractivity (Wildman–Crippen MR) is 93.8 cm³/mol. The van der Waals surface area contributed by atoms with E-state index in [1.807, 2.05) is 30.3 Å². The van der Waals surface area contributed by atoms with Crippen molar-refractivity contribution < 1.29 is 9.15 Å². The second-order valence-electron chi connectivity index (χ2n) is 6.10. The predicted octanol–water partition coefficient (Wildman–Crippen LogP) is 3.96. The number of nitriles is 1. The molecule has 0 amide bonds. The van der Waals surface area contributed by atoms with Gasteiger partial charge in [0, 0.05) is 19.2 Å². The van der Waals surface area contributed by atoms with Crippen molar-refractivity contribution >= 4 is 18.0 Å². The van der Waals surface area contributed by atoms with Gasteiger partial charge in [0.25, 0.3) is 0 Å². The number of methoxy groups -OCH3 is 1. The molecule has 0 spiro atoms. The lowest BCUT2D eigenvalue weighted by Crippen LogP contribution is -2.32. The summed E-state index contributed by atoms with van der Waals surface area (Å²) in [5.41, 5.74) is 1.34. The van der Waals surface area contributed by atoms with Gasteiger partial charge in [-0.3, -0.25) is 0 Å².